The zero-order chi connectivity index (χ0) is 16.6. The molecule has 2 amide bonds. The number of hydrogen-bond donors (Lipinski definition) is 0. The number of likely N-dealkylation sites (N-methyl/N-ethyl adjacent to an activating group) is 1. The standard InChI is InChI=1S/C16H23N3O3S/c1-11-13(23-12(2)17-11)9-14(20)19-7-4-5-16(6-8-19)10-18(3)15(21)22-16/h4-10H2,1-3H3/t16-/m0/s1. The van der Waals surface area contributed by atoms with E-state index in [4.69, 9.17) is 4.74 Å². The molecule has 0 aromatic carbocycles. The Bertz CT molecular complexity index is 630. The molecule has 0 bridgehead atoms. The predicted molar refractivity (Wildman–Crippen MR) is 87.6 cm³/mol. The smallest absolute Gasteiger partial charge is 0.410 e. The van der Waals surface area contributed by atoms with E-state index in [-0.39, 0.29) is 12.0 Å². The van der Waals surface area contributed by atoms with Crippen LogP contribution in [0.15, 0.2) is 0 Å². The normalized spacial score (nSPS) is 24.9. The SMILES string of the molecule is Cc1nc(C)c(CC(=O)N2CCC[C@]3(CC2)CN(C)C(=O)O3)s1. The van der Waals surface area contributed by atoms with Crippen LogP contribution in [0.5, 0.6) is 0 Å². The molecule has 1 spiro atoms. The van der Waals surface area contributed by atoms with Crippen LogP contribution in [-0.4, -0.2) is 59.1 Å². The Hall–Kier alpha value is -1.63. The summed E-state index contributed by atoms with van der Waals surface area (Å²) in [6.07, 6.45) is 2.58. The number of rotatable bonds is 2. The van der Waals surface area contributed by atoms with E-state index < -0.39 is 5.60 Å². The zero-order valence-electron chi connectivity index (χ0n) is 13.9. The van der Waals surface area contributed by atoms with Crippen molar-refractivity contribution in [3.63, 3.8) is 0 Å². The van der Waals surface area contributed by atoms with Gasteiger partial charge in [-0.2, -0.15) is 0 Å². The molecular weight excluding hydrogens is 314 g/mol. The van der Waals surface area contributed by atoms with Crippen LogP contribution in [0.1, 0.15) is 34.8 Å². The van der Waals surface area contributed by atoms with Gasteiger partial charge in [0.15, 0.2) is 0 Å². The summed E-state index contributed by atoms with van der Waals surface area (Å²) in [5.74, 6) is 0.145. The molecular formula is C16H23N3O3S. The van der Waals surface area contributed by atoms with Crippen LogP contribution < -0.4 is 0 Å². The summed E-state index contributed by atoms with van der Waals surface area (Å²) in [5, 5.41) is 1.00. The number of hydrogen-bond acceptors (Lipinski definition) is 5. The van der Waals surface area contributed by atoms with Crippen molar-refractivity contribution < 1.29 is 14.3 Å². The predicted octanol–water partition coefficient (Wildman–Crippen LogP) is 2.14. The molecule has 0 saturated carbocycles. The molecule has 6 nitrogen and oxygen atoms in total. The van der Waals surface area contributed by atoms with Gasteiger partial charge in [0.05, 0.1) is 23.7 Å². The van der Waals surface area contributed by atoms with Crippen molar-refractivity contribution in [2.24, 2.45) is 0 Å². The summed E-state index contributed by atoms with van der Waals surface area (Å²) in [6, 6.07) is 0. The van der Waals surface area contributed by atoms with Gasteiger partial charge in [-0.1, -0.05) is 0 Å². The lowest BCUT2D eigenvalue weighted by atomic mass is 9.95. The lowest BCUT2D eigenvalue weighted by Crippen LogP contribution is -2.37. The molecule has 126 valence electrons. The van der Waals surface area contributed by atoms with Crippen LogP contribution in [0, 0.1) is 13.8 Å². The van der Waals surface area contributed by atoms with E-state index in [2.05, 4.69) is 4.98 Å². The summed E-state index contributed by atoms with van der Waals surface area (Å²) in [7, 11) is 1.76. The molecule has 1 aromatic rings. The number of nitrogens with zero attached hydrogens (tertiary/aromatic N) is 3. The first-order chi connectivity index (χ1) is 10.9. The van der Waals surface area contributed by atoms with Crippen LogP contribution in [0.3, 0.4) is 0 Å². The fourth-order valence-corrected chi connectivity index (χ4v) is 4.38. The van der Waals surface area contributed by atoms with Gasteiger partial charge in [-0.05, 0) is 26.7 Å². The number of aromatic nitrogens is 1. The average Bonchev–Trinajstić information content (AvgIpc) is 2.84. The second kappa shape index (κ2) is 6.11. The van der Waals surface area contributed by atoms with Crippen molar-refractivity contribution in [1.29, 1.82) is 0 Å². The molecule has 3 heterocycles. The van der Waals surface area contributed by atoms with Crippen molar-refractivity contribution in [1.82, 2.24) is 14.8 Å². The van der Waals surface area contributed by atoms with Gasteiger partial charge in [-0.25, -0.2) is 9.78 Å². The quantitative estimate of drug-likeness (QED) is 0.829. The number of aryl methyl sites for hydroxylation is 2. The Morgan fingerprint density at radius 2 is 2.13 bits per heavy atom. The summed E-state index contributed by atoms with van der Waals surface area (Å²) in [5.41, 5.74) is 0.552. The summed E-state index contributed by atoms with van der Waals surface area (Å²) >= 11 is 1.60. The van der Waals surface area contributed by atoms with E-state index in [9.17, 15) is 9.59 Å². The highest BCUT2D eigenvalue weighted by molar-refractivity contribution is 7.11. The molecule has 2 fully saturated rings. The van der Waals surface area contributed by atoms with Crippen LogP contribution in [0.4, 0.5) is 4.79 Å². The van der Waals surface area contributed by atoms with E-state index in [1.165, 1.54) is 0 Å². The minimum atomic E-state index is -0.405. The number of thiazole rings is 1. The van der Waals surface area contributed by atoms with Crippen molar-refractivity contribution in [3.05, 3.63) is 15.6 Å². The second-order valence-electron chi connectivity index (χ2n) is 6.56. The van der Waals surface area contributed by atoms with Crippen LogP contribution in [0.25, 0.3) is 0 Å². The summed E-state index contributed by atoms with van der Waals surface area (Å²) in [6.45, 7) is 5.93. The third kappa shape index (κ3) is 3.34. The molecule has 1 aromatic heterocycles. The number of amides is 2. The Kier molecular flexibility index (Phi) is 4.31. The molecule has 0 aliphatic carbocycles. The zero-order valence-corrected chi connectivity index (χ0v) is 14.7. The highest BCUT2D eigenvalue weighted by Gasteiger charge is 2.44. The molecule has 2 saturated heterocycles. The van der Waals surface area contributed by atoms with Gasteiger partial charge in [0.2, 0.25) is 5.91 Å². The van der Waals surface area contributed by atoms with Gasteiger partial charge in [0.1, 0.15) is 5.60 Å². The maximum Gasteiger partial charge on any atom is 0.410 e. The van der Waals surface area contributed by atoms with Gasteiger partial charge in [-0.15, -0.1) is 11.3 Å². The van der Waals surface area contributed by atoms with E-state index in [1.807, 2.05) is 18.7 Å². The lowest BCUT2D eigenvalue weighted by Gasteiger charge is -2.25. The Labute approximate surface area is 140 Å². The van der Waals surface area contributed by atoms with E-state index in [1.54, 1.807) is 23.3 Å². The second-order valence-corrected chi connectivity index (χ2v) is 7.85. The maximum absolute atomic E-state index is 12.6. The molecule has 0 N–H and O–H groups in total. The molecule has 1 atom stereocenters. The van der Waals surface area contributed by atoms with Crippen molar-refractivity contribution in [2.75, 3.05) is 26.7 Å². The fraction of sp³-hybridized carbons (Fsp3) is 0.688. The molecule has 2 aliphatic heterocycles. The Morgan fingerprint density at radius 1 is 1.35 bits per heavy atom. The van der Waals surface area contributed by atoms with E-state index in [0.717, 1.165) is 41.4 Å². The number of ether oxygens (including phenoxy) is 1. The molecule has 2 aliphatic rings. The minimum Gasteiger partial charge on any atom is -0.441 e. The van der Waals surface area contributed by atoms with Gasteiger partial charge < -0.3 is 14.5 Å². The Balaban J connectivity index is 1.63. The monoisotopic (exact) mass is 337 g/mol. The van der Waals surface area contributed by atoms with Crippen LogP contribution in [-0.2, 0) is 16.0 Å². The third-order valence-electron chi connectivity index (χ3n) is 4.70. The first-order valence-corrected chi connectivity index (χ1v) is 8.85. The molecule has 0 unspecified atom stereocenters. The van der Waals surface area contributed by atoms with Crippen molar-refractivity contribution in [3.8, 4) is 0 Å². The van der Waals surface area contributed by atoms with Crippen LogP contribution in [0.2, 0.25) is 0 Å². The first kappa shape index (κ1) is 16.2. The van der Waals surface area contributed by atoms with Crippen molar-refractivity contribution >= 4 is 23.3 Å². The number of carbonyl (C=O) groups is 2. The molecule has 23 heavy (non-hydrogen) atoms. The van der Waals surface area contributed by atoms with Gasteiger partial charge in [-0.3, -0.25) is 4.79 Å². The van der Waals surface area contributed by atoms with Crippen molar-refractivity contribution in [2.45, 2.75) is 45.1 Å². The maximum atomic E-state index is 12.6. The van der Waals surface area contributed by atoms with E-state index in [0.29, 0.717) is 19.5 Å². The first-order valence-electron chi connectivity index (χ1n) is 8.03. The van der Waals surface area contributed by atoms with Gasteiger partial charge >= 0.3 is 6.09 Å². The largest absolute Gasteiger partial charge is 0.441 e. The fourth-order valence-electron chi connectivity index (χ4n) is 3.46. The topological polar surface area (TPSA) is 62.7 Å². The molecule has 3 rings (SSSR count). The minimum absolute atomic E-state index is 0.145. The number of likely N-dealkylation sites (tertiary alicyclic amines) is 1. The molecule has 7 heteroatoms. The number of carbonyl (C=O) groups excluding carboxylic acids is 2. The highest BCUT2D eigenvalue weighted by atomic mass is 32.1. The highest BCUT2D eigenvalue weighted by Crippen LogP contribution is 2.32. The third-order valence-corrected chi connectivity index (χ3v) is 5.78. The van der Waals surface area contributed by atoms with Gasteiger partial charge in [0.25, 0.3) is 0 Å². The van der Waals surface area contributed by atoms with E-state index >= 15 is 0 Å². The Morgan fingerprint density at radius 3 is 2.74 bits per heavy atom. The van der Waals surface area contributed by atoms with Gasteiger partial charge in [0, 0.05) is 31.4 Å². The molecule has 0 radical (unpaired) electrons. The summed E-state index contributed by atoms with van der Waals surface area (Å²) in [4.78, 5) is 33.3. The summed E-state index contributed by atoms with van der Waals surface area (Å²) < 4.78 is 5.59. The lowest BCUT2D eigenvalue weighted by molar-refractivity contribution is -0.130. The van der Waals surface area contributed by atoms with Crippen LogP contribution >= 0.6 is 11.3 Å². The average molecular weight is 337 g/mol.